The number of aryl methyl sites for hydroxylation is 1. The second-order valence-electron chi connectivity index (χ2n) is 6.53. The van der Waals surface area contributed by atoms with E-state index in [1.54, 1.807) is 0 Å². The Morgan fingerprint density at radius 2 is 2.04 bits per heavy atom. The summed E-state index contributed by atoms with van der Waals surface area (Å²) >= 11 is 1.93. The fourth-order valence-corrected chi connectivity index (χ4v) is 3.53. The topological polar surface area (TPSA) is 54.9 Å². The van der Waals surface area contributed by atoms with Crippen LogP contribution in [-0.2, 0) is 15.2 Å². The van der Waals surface area contributed by atoms with E-state index in [1.165, 1.54) is 17.5 Å². The molecule has 0 spiro atoms. The van der Waals surface area contributed by atoms with Crippen molar-refractivity contribution in [1.29, 1.82) is 0 Å². The van der Waals surface area contributed by atoms with Crippen molar-refractivity contribution in [3.05, 3.63) is 35.4 Å². The summed E-state index contributed by atoms with van der Waals surface area (Å²) in [4.78, 5) is 4.26. The van der Waals surface area contributed by atoms with Crippen LogP contribution in [0.3, 0.4) is 0 Å². The number of guanidine groups is 1. The molecule has 1 fully saturated rings. The van der Waals surface area contributed by atoms with Crippen molar-refractivity contribution in [3.63, 3.8) is 0 Å². The Labute approximate surface area is 185 Å². The Hall–Kier alpha value is -0.510. The summed E-state index contributed by atoms with van der Waals surface area (Å²) in [6, 6.07) is 8.75. The van der Waals surface area contributed by atoms with Crippen molar-refractivity contribution in [1.82, 2.24) is 10.6 Å². The minimum absolute atomic E-state index is 0. The van der Waals surface area contributed by atoms with E-state index in [9.17, 15) is 0 Å². The van der Waals surface area contributed by atoms with E-state index in [2.05, 4.69) is 46.8 Å². The van der Waals surface area contributed by atoms with Crippen LogP contribution in [-0.4, -0.2) is 57.8 Å². The molecule has 1 unspecified atom stereocenters. The lowest BCUT2D eigenvalue weighted by Crippen LogP contribution is -2.39. The standard InChI is InChI=1S/C20H33N3O2S.HI/c1-17-6-8-18(9-7-17)16-26-14-11-23-20(21-2)22-10-4-12-24-15-19-5-3-13-25-19;/h6-9,19H,3-5,10-16H2,1-2H3,(H2,21,22,23);1H. The van der Waals surface area contributed by atoms with Gasteiger partial charge in [-0.05, 0) is 31.7 Å². The molecule has 0 amide bonds. The average Bonchev–Trinajstić information content (AvgIpc) is 3.17. The maximum atomic E-state index is 5.67. The summed E-state index contributed by atoms with van der Waals surface area (Å²) < 4.78 is 11.2. The van der Waals surface area contributed by atoms with Crippen molar-refractivity contribution in [3.8, 4) is 0 Å². The monoisotopic (exact) mass is 507 g/mol. The number of thioether (sulfide) groups is 1. The Bertz CT molecular complexity index is 522. The summed E-state index contributed by atoms with van der Waals surface area (Å²) in [5.41, 5.74) is 2.69. The van der Waals surface area contributed by atoms with Gasteiger partial charge in [0.1, 0.15) is 0 Å². The molecule has 7 heteroatoms. The first-order valence-electron chi connectivity index (χ1n) is 9.55. The second kappa shape index (κ2) is 15.4. The summed E-state index contributed by atoms with van der Waals surface area (Å²) in [7, 11) is 1.81. The molecule has 1 aliphatic rings. The highest BCUT2D eigenvalue weighted by Gasteiger charge is 2.14. The Morgan fingerprint density at radius 3 is 2.74 bits per heavy atom. The number of hydrogen-bond acceptors (Lipinski definition) is 4. The Kier molecular flexibility index (Phi) is 14.0. The molecular weight excluding hydrogens is 473 g/mol. The maximum absolute atomic E-state index is 5.67. The van der Waals surface area contributed by atoms with Crippen LogP contribution in [0.25, 0.3) is 0 Å². The summed E-state index contributed by atoms with van der Waals surface area (Å²) in [5.74, 6) is 2.97. The molecule has 154 valence electrons. The molecule has 1 atom stereocenters. The van der Waals surface area contributed by atoms with Crippen LogP contribution in [0, 0.1) is 6.92 Å². The first-order chi connectivity index (χ1) is 12.8. The molecule has 1 saturated heterocycles. The zero-order valence-electron chi connectivity index (χ0n) is 16.5. The van der Waals surface area contributed by atoms with Gasteiger partial charge in [0.15, 0.2) is 5.96 Å². The van der Waals surface area contributed by atoms with E-state index in [0.29, 0.717) is 6.10 Å². The number of hydrogen-bond donors (Lipinski definition) is 2. The predicted octanol–water partition coefficient (Wildman–Crippen LogP) is 3.60. The second-order valence-corrected chi connectivity index (χ2v) is 7.63. The molecule has 5 nitrogen and oxygen atoms in total. The molecule has 0 bridgehead atoms. The van der Waals surface area contributed by atoms with E-state index >= 15 is 0 Å². The molecule has 1 heterocycles. The SMILES string of the molecule is CN=C(NCCCOCC1CCCO1)NCCSCc1ccc(C)cc1.I. The minimum Gasteiger partial charge on any atom is -0.379 e. The molecule has 0 radical (unpaired) electrons. The lowest BCUT2D eigenvalue weighted by molar-refractivity contribution is 0.0168. The average molecular weight is 507 g/mol. The predicted molar refractivity (Wildman–Crippen MR) is 127 cm³/mol. The maximum Gasteiger partial charge on any atom is 0.191 e. The summed E-state index contributed by atoms with van der Waals surface area (Å²) in [6.07, 6.45) is 3.59. The first kappa shape index (κ1) is 24.5. The quantitative estimate of drug-likeness (QED) is 0.208. The van der Waals surface area contributed by atoms with Gasteiger partial charge in [-0.1, -0.05) is 29.8 Å². The highest BCUT2D eigenvalue weighted by atomic mass is 127. The lowest BCUT2D eigenvalue weighted by Gasteiger charge is -2.13. The number of halogens is 1. The molecule has 1 aromatic carbocycles. The Balaban J connectivity index is 0.00000364. The van der Waals surface area contributed by atoms with Crippen molar-refractivity contribution >= 4 is 41.7 Å². The fourth-order valence-electron chi connectivity index (χ4n) is 2.71. The normalized spacial score (nSPS) is 16.8. The van der Waals surface area contributed by atoms with E-state index in [4.69, 9.17) is 9.47 Å². The molecule has 2 N–H and O–H groups in total. The number of benzene rings is 1. The van der Waals surface area contributed by atoms with Crippen LogP contribution in [0.15, 0.2) is 29.3 Å². The van der Waals surface area contributed by atoms with Crippen LogP contribution >= 0.6 is 35.7 Å². The molecule has 1 aliphatic heterocycles. The third-order valence-electron chi connectivity index (χ3n) is 4.24. The van der Waals surface area contributed by atoms with Gasteiger partial charge in [0, 0.05) is 44.9 Å². The molecule has 0 saturated carbocycles. The zero-order chi connectivity index (χ0) is 18.5. The molecule has 2 rings (SSSR count). The van der Waals surface area contributed by atoms with Crippen molar-refractivity contribution in [2.45, 2.75) is 38.0 Å². The van der Waals surface area contributed by atoms with E-state index in [0.717, 1.165) is 63.2 Å². The smallest absolute Gasteiger partial charge is 0.191 e. The van der Waals surface area contributed by atoms with Gasteiger partial charge in [0.2, 0.25) is 0 Å². The summed E-state index contributed by atoms with van der Waals surface area (Å²) in [6.45, 7) is 6.27. The van der Waals surface area contributed by atoms with Gasteiger partial charge < -0.3 is 20.1 Å². The van der Waals surface area contributed by atoms with Gasteiger partial charge in [0.05, 0.1) is 12.7 Å². The highest BCUT2D eigenvalue weighted by Crippen LogP contribution is 2.12. The largest absolute Gasteiger partial charge is 0.379 e. The highest BCUT2D eigenvalue weighted by molar-refractivity contribution is 14.0. The van der Waals surface area contributed by atoms with Gasteiger partial charge in [-0.15, -0.1) is 24.0 Å². The third kappa shape index (κ3) is 11.2. The number of rotatable bonds is 11. The fraction of sp³-hybridized carbons (Fsp3) is 0.650. The lowest BCUT2D eigenvalue weighted by atomic mass is 10.2. The molecule has 1 aromatic rings. The summed E-state index contributed by atoms with van der Waals surface area (Å²) in [5, 5.41) is 6.69. The van der Waals surface area contributed by atoms with Crippen LogP contribution < -0.4 is 10.6 Å². The van der Waals surface area contributed by atoms with E-state index in [1.807, 2.05) is 18.8 Å². The number of aliphatic imine (C=N–C) groups is 1. The minimum atomic E-state index is 0. The van der Waals surface area contributed by atoms with Crippen molar-refractivity contribution < 1.29 is 9.47 Å². The molecule has 27 heavy (non-hydrogen) atoms. The number of ether oxygens (including phenoxy) is 2. The van der Waals surface area contributed by atoms with Crippen LogP contribution in [0.5, 0.6) is 0 Å². The van der Waals surface area contributed by atoms with Crippen LogP contribution in [0.2, 0.25) is 0 Å². The van der Waals surface area contributed by atoms with E-state index in [-0.39, 0.29) is 24.0 Å². The molecular formula is C20H34IN3O2S. The van der Waals surface area contributed by atoms with Crippen LogP contribution in [0.4, 0.5) is 0 Å². The van der Waals surface area contributed by atoms with Crippen molar-refractivity contribution in [2.24, 2.45) is 4.99 Å². The van der Waals surface area contributed by atoms with Gasteiger partial charge in [0.25, 0.3) is 0 Å². The molecule has 0 aliphatic carbocycles. The van der Waals surface area contributed by atoms with Gasteiger partial charge >= 0.3 is 0 Å². The van der Waals surface area contributed by atoms with Crippen molar-refractivity contribution in [2.75, 3.05) is 45.7 Å². The van der Waals surface area contributed by atoms with Gasteiger partial charge in [-0.2, -0.15) is 11.8 Å². The Morgan fingerprint density at radius 1 is 1.26 bits per heavy atom. The van der Waals surface area contributed by atoms with E-state index < -0.39 is 0 Å². The zero-order valence-corrected chi connectivity index (χ0v) is 19.7. The number of nitrogens with zero attached hydrogens (tertiary/aromatic N) is 1. The third-order valence-corrected chi connectivity index (χ3v) is 5.27. The van der Waals surface area contributed by atoms with Crippen LogP contribution in [0.1, 0.15) is 30.4 Å². The van der Waals surface area contributed by atoms with Gasteiger partial charge in [-0.3, -0.25) is 4.99 Å². The first-order valence-corrected chi connectivity index (χ1v) is 10.7. The molecule has 0 aromatic heterocycles. The van der Waals surface area contributed by atoms with Gasteiger partial charge in [-0.25, -0.2) is 0 Å². The number of nitrogens with one attached hydrogen (secondary N) is 2.